The molecule has 14 heavy (non-hydrogen) atoms. The molecule has 0 aliphatic heterocycles. The number of aryl methyl sites for hydroxylation is 2. The average Bonchev–Trinajstić information content (AvgIpc) is 2.56. The molecule has 0 aliphatic rings. The number of rotatable bonds is 1. The number of hydrogen-bond donors (Lipinski definition) is 1. The van der Waals surface area contributed by atoms with E-state index in [0.717, 1.165) is 16.9 Å². The molecule has 0 saturated carbocycles. The van der Waals surface area contributed by atoms with Crippen molar-refractivity contribution in [3.8, 4) is 11.3 Å². The van der Waals surface area contributed by atoms with Crippen LogP contribution in [0.15, 0.2) is 30.5 Å². The first-order valence-corrected chi connectivity index (χ1v) is 4.53. The maximum absolute atomic E-state index is 5.91. The minimum absolute atomic E-state index is 0.791. The second kappa shape index (κ2) is 3.18. The van der Waals surface area contributed by atoms with Gasteiger partial charge >= 0.3 is 0 Å². The van der Waals surface area contributed by atoms with E-state index in [9.17, 15) is 0 Å². The van der Waals surface area contributed by atoms with Crippen LogP contribution < -0.4 is 5.73 Å². The fraction of sp³-hybridized carbons (Fsp3) is 0.182. The fourth-order valence-electron chi connectivity index (χ4n) is 1.53. The lowest BCUT2D eigenvalue weighted by Crippen LogP contribution is -1.97. The summed E-state index contributed by atoms with van der Waals surface area (Å²) in [6, 6.07) is 7.98. The van der Waals surface area contributed by atoms with E-state index in [4.69, 9.17) is 5.73 Å². The van der Waals surface area contributed by atoms with Gasteiger partial charge in [0, 0.05) is 24.5 Å². The van der Waals surface area contributed by atoms with Crippen LogP contribution in [0.25, 0.3) is 11.3 Å². The Kier molecular flexibility index (Phi) is 2.00. The molecule has 0 fully saturated rings. The van der Waals surface area contributed by atoms with Crippen molar-refractivity contribution in [3.05, 3.63) is 36.0 Å². The number of anilines is 1. The van der Waals surface area contributed by atoms with Gasteiger partial charge in [0.05, 0.1) is 5.69 Å². The third-order valence-electron chi connectivity index (χ3n) is 2.31. The molecule has 0 saturated heterocycles. The van der Waals surface area contributed by atoms with Crippen molar-refractivity contribution < 1.29 is 0 Å². The number of nitrogen functional groups attached to an aromatic ring is 1. The molecule has 0 amide bonds. The second-order valence-electron chi connectivity index (χ2n) is 3.43. The van der Waals surface area contributed by atoms with Crippen LogP contribution in [-0.2, 0) is 7.05 Å². The third kappa shape index (κ3) is 1.37. The van der Waals surface area contributed by atoms with Crippen molar-refractivity contribution in [2.75, 3.05) is 5.73 Å². The Labute approximate surface area is 83.2 Å². The molecule has 1 aromatic carbocycles. The normalized spacial score (nSPS) is 10.4. The molecule has 2 aromatic rings. The first-order valence-electron chi connectivity index (χ1n) is 4.53. The Hall–Kier alpha value is -1.77. The zero-order valence-electron chi connectivity index (χ0n) is 8.36. The van der Waals surface area contributed by atoms with Crippen LogP contribution in [0.2, 0.25) is 0 Å². The monoisotopic (exact) mass is 187 g/mol. The highest BCUT2D eigenvalue weighted by molar-refractivity contribution is 5.74. The van der Waals surface area contributed by atoms with Gasteiger partial charge in [-0.05, 0) is 25.1 Å². The zero-order valence-corrected chi connectivity index (χ0v) is 8.36. The van der Waals surface area contributed by atoms with Gasteiger partial charge in [0.15, 0.2) is 0 Å². The van der Waals surface area contributed by atoms with E-state index in [1.54, 1.807) is 6.20 Å². The lowest BCUT2D eigenvalue weighted by Gasteiger charge is -2.06. The highest BCUT2D eigenvalue weighted by Gasteiger charge is 2.05. The standard InChI is InChI=1S/C11H13N3/c1-8-3-4-10(12)9(7-8)11-5-6-13-14(11)2/h3-7H,12H2,1-2H3. The topological polar surface area (TPSA) is 43.8 Å². The van der Waals surface area contributed by atoms with Crippen LogP contribution in [0.3, 0.4) is 0 Å². The summed E-state index contributed by atoms with van der Waals surface area (Å²) in [5.74, 6) is 0. The second-order valence-corrected chi connectivity index (χ2v) is 3.43. The number of nitrogens with two attached hydrogens (primary N) is 1. The molecule has 0 radical (unpaired) electrons. The van der Waals surface area contributed by atoms with Crippen LogP contribution in [0, 0.1) is 6.92 Å². The van der Waals surface area contributed by atoms with E-state index in [0.29, 0.717) is 0 Å². The van der Waals surface area contributed by atoms with Gasteiger partial charge in [-0.15, -0.1) is 0 Å². The van der Waals surface area contributed by atoms with Gasteiger partial charge in [-0.1, -0.05) is 11.6 Å². The van der Waals surface area contributed by atoms with Crippen molar-refractivity contribution in [2.45, 2.75) is 6.92 Å². The highest BCUT2D eigenvalue weighted by atomic mass is 15.3. The lowest BCUT2D eigenvalue weighted by atomic mass is 10.1. The molecule has 0 atom stereocenters. The largest absolute Gasteiger partial charge is 0.398 e. The van der Waals surface area contributed by atoms with E-state index < -0.39 is 0 Å². The summed E-state index contributed by atoms with van der Waals surface area (Å²) in [7, 11) is 1.91. The Morgan fingerprint density at radius 1 is 1.29 bits per heavy atom. The van der Waals surface area contributed by atoms with E-state index in [-0.39, 0.29) is 0 Å². The molecule has 2 N–H and O–H groups in total. The van der Waals surface area contributed by atoms with Crippen molar-refractivity contribution >= 4 is 5.69 Å². The number of nitrogens with zero attached hydrogens (tertiary/aromatic N) is 2. The quantitative estimate of drug-likeness (QED) is 0.694. The first kappa shape index (κ1) is 8.81. The molecule has 3 nitrogen and oxygen atoms in total. The number of aromatic nitrogens is 2. The van der Waals surface area contributed by atoms with Crippen LogP contribution in [0.5, 0.6) is 0 Å². The van der Waals surface area contributed by atoms with Crippen molar-refractivity contribution in [1.82, 2.24) is 9.78 Å². The molecular formula is C11H13N3. The highest BCUT2D eigenvalue weighted by Crippen LogP contribution is 2.25. The maximum Gasteiger partial charge on any atom is 0.0699 e. The Morgan fingerprint density at radius 3 is 2.71 bits per heavy atom. The Balaban J connectivity index is 2.62. The third-order valence-corrected chi connectivity index (χ3v) is 2.31. The number of hydrogen-bond acceptors (Lipinski definition) is 2. The van der Waals surface area contributed by atoms with Crippen LogP contribution >= 0.6 is 0 Å². The van der Waals surface area contributed by atoms with Crippen LogP contribution in [-0.4, -0.2) is 9.78 Å². The van der Waals surface area contributed by atoms with Crippen molar-refractivity contribution in [2.24, 2.45) is 7.05 Å². The van der Waals surface area contributed by atoms with Gasteiger partial charge in [-0.2, -0.15) is 5.10 Å². The molecule has 0 spiro atoms. The summed E-state index contributed by atoms with van der Waals surface area (Å²) >= 11 is 0. The smallest absolute Gasteiger partial charge is 0.0699 e. The summed E-state index contributed by atoms with van der Waals surface area (Å²) in [4.78, 5) is 0. The zero-order chi connectivity index (χ0) is 10.1. The summed E-state index contributed by atoms with van der Waals surface area (Å²) in [6.07, 6.45) is 1.77. The van der Waals surface area contributed by atoms with Crippen LogP contribution in [0.4, 0.5) is 5.69 Å². The van der Waals surface area contributed by atoms with Crippen LogP contribution in [0.1, 0.15) is 5.56 Å². The molecule has 0 unspecified atom stereocenters. The average molecular weight is 187 g/mol. The number of benzene rings is 1. The first-order chi connectivity index (χ1) is 6.68. The van der Waals surface area contributed by atoms with E-state index in [1.807, 2.05) is 29.9 Å². The molecule has 1 aromatic heterocycles. The summed E-state index contributed by atoms with van der Waals surface area (Å²) < 4.78 is 1.82. The predicted molar refractivity (Wildman–Crippen MR) is 57.8 cm³/mol. The van der Waals surface area contributed by atoms with Gasteiger partial charge in [0.1, 0.15) is 0 Å². The van der Waals surface area contributed by atoms with Gasteiger partial charge in [0.25, 0.3) is 0 Å². The molecular weight excluding hydrogens is 174 g/mol. The van der Waals surface area contributed by atoms with Crippen molar-refractivity contribution in [1.29, 1.82) is 0 Å². The molecule has 1 heterocycles. The molecule has 72 valence electrons. The van der Waals surface area contributed by atoms with E-state index in [1.165, 1.54) is 5.56 Å². The van der Waals surface area contributed by atoms with E-state index >= 15 is 0 Å². The van der Waals surface area contributed by atoms with Crippen molar-refractivity contribution in [3.63, 3.8) is 0 Å². The van der Waals surface area contributed by atoms with Gasteiger partial charge < -0.3 is 5.73 Å². The predicted octanol–water partition coefficient (Wildman–Crippen LogP) is 1.98. The minimum atomic E-state index is 0.791. The summed E-state index contributed by atoms with van der Waals surface area (Å²) in [6.45, 7) is 2.05. The van der Waals surface area contributed by atoms with Gasteiger partial charge in [-0.25, -0.2) is 0 Å². The minimum Gasteiger partial charge on any atom is -0.398 e. The molecule has 3 heteroatoms. The Morgan fingerprint density at radius 2 is 2.07 bits per heavy atom. The maximum atomic E-state index is 5.91. The SMILES string of the molecule is Cc1ccc(N)c(-c2ccnn2C)c1. The van der Waals surface area contributed by atoms with E-state index in [2.05, 4.69) is 18.1 Å². The van der Waals surface area contributed by atoms with Gasteiger partial charge in [0.2, 0.25) is 0 Å². The fourth-order valence-corrected chi connectivity index (χ4v) is 1.53. The van der Waals surface area contributed by atoms with Gasteiger partial charge in [-0.3, -0.25) is 4.68 Å². The molecule has 2 rings (SSSR count). The Bertz CT molecular complexity index is 457. The molecule has 0 aliphatic carbocycles. The lowest BCUT2D eigenvalue weighted by molar-refractivity contribution is 0.776. The molecule has 0 bridgehead atoms. The summed E-state index contributed by atoms with van der Waals surface area (Å²) in [5, 5.41) is 4.12. The summed E-state index contributed by atoms with van der Waals surface area (Å²) in [5.41, 5.74) is 10.00.